The van der Waals surface area contributed by atoms with E-state index >= 15 is 0 Å². The third-order valence-electron chi connectivity index (χ3n) is 4.55. The molecule has 3 aromatic rings. The maximum absolute atomic E-state index is 12.9. The molecule has 1 heterocycles. The van der Waals surface area contributed by atoms with Crippen molar-refractivity contribution in [3.63, 3.8) is 0 Å². The van der Waals surface area contributed by atoms with E-state index in [1.54, 1.807) is 6.07 Å². The molecule has 1 aromatic heterocycles. The van der Waals surface area contributed by atoms with Gasteiger partial charge in [-0.2, -0.15) is 0 Å². The Labute approximate surface area is 185 Å². The number of carbonyl (C=O) groups excluding carboxylic acids is 2. The molecule has 0 saturated heterocycles. The fraction of sp³-hybridized carbons (Fsp3) is 0.250. The second-order valence-corrected chi connectivity index (χ2v) is 7.50. The molecule has 2 amide bonds. The summed E-state index contributed by atoms with van der Waals surface area (Å²) in [5, 5.41) is 0. The fourth-order valence-corrected chi connectivity index (χ4v) is 2.87. The summed E-state index contributed by atoms with van der Waals surface area (Å²) in [7, 11) is 0. The first kappa shape index (κ1) is 22.9. The SMILES string of the molecule is Cc1ccc(C(C)C)c(OCC(=O)NNC(=O)c2ccc(COc3ccc(F)cc3)o2)c1. The van der Waals surface area contributed by atoms with Crippen molar-refractivity contribution in [2.75, 3.05) is 6.61 Å². The monoisotopic (exact) mass is 440 g/mol. The van der Waals surface area contributed by atoms with Crippen LogP contribution in [0.1, 0.15) is 47.2 Å². The number of hydrogen-bond acceptors (Lipinski definition) is 5. The Morgan fingerprint density at radius 2 is 1.75 bits per heavy atom. The summed E-state index contributed by atoms with van der Waals surface area (Å²) in [6.07, 6.45) is 0. The van der Waals surface area contributed by atoms with Crippen LogP contribution in [0, 0.1) is 12.7 Å². The van der Waals surface area contributed by atoms with Crippen molar-refractivity contribution < 1.29 is 27.9 Å². The number of amides is 2. The Morgan fingerprint density at radius 3 is 2.47 bits per heavy atom. The van der Waals surface area contributed by atoms with E-state index in [0.29, 0.717) is 17.3 Å². The molecule has 7 nitrogen and oxygen atoms in total. The summed E-state index contributed by atoms with van der Waals surface area (Å²) in [5.41, 5.74) is 6.60. The normalized spacial score (nSPS) is 10.7. The summed E-state index contributed by atoms with van der Waals surface area (Å²) >= 11 is 0. The molecule has 0 fully saturated rings. The molecule has 32 heavy (non-hydrogen) atoms. The molecule has 3 rings (SSSR count). The van der Waals surface area contributed by atoms with Gasteiger partial charge >= 0.3 is 5.91 Å². The van der Waals surface area contributed by atoms with Crippen molar-refractivity contribution >= 4 is 11.8 Å². The van der Waals surface area contributed by atoms with Gasteiger partial charge in [-0.25, -0.2) is 4.39 Å². The van der Waals surface area contributed by atoms with Crippen molar-refractivity contribution in [2.24, 2.45) is 0 Å². The van der Waals surface area contributed by atoms with Crippen LogP contribution in [0.25, 0.3) is 0 Å². The van der Waals surface area contributed by atoms with Crippen LogP contribution < -0.4 is 20.3 Å². The minimum Gasteiger partial charge on any atom is -0.486 e. The Bertz CT molecular complexity index is 1080. The molecule has 0 unspecified atom stereocenters. The van der Waals surface area contributed by atoms with Crippen LogP contribution in [0.2, 0.25) is 0 Å². The van der Waals surface area contributed by atoms with Crippen molar-refractivity contribution in [1.29, 1.82) is 0 Å². The first-order chi connectivity index (χ1) is 15.3. The molecule has 8 heteroatoms. The van der Waals surface area contributed by atoms with E-state index in [4.69, 9.17) is 13.9 Å². The van der Waals surface area contributed by atoms with Crippen LogP contribution in [0.5, 0.6) is 11.5 Å². The lowest BCUT2D eigenvalue weighted by Gasteiger charge is -2.14. The first-order valence-corrected chi connectivity index (χ1v) is 10.1. The van der Waals surface area contributed by atoms with E-state index in [1.807, 2.05) is 39.0 Å². The maximum Gasteiger partial charge on any atom is 0.305 e. The average Bonchev–Trinajstić information content (AvgIpc) is 3.24. The number of rotatable bonds is 8. The summed E-state index contributed by atoms with van der Waals surface area (Å²) in [6.45, 7) is 5.84. The highest BCUT2D eigenvalue weighted by Gasteiger charge is 2.14. The van der Waals surface area contributed by atoms with Gasteiger partial charge < -0.3 is 13.9 Å². The lowest BCUT2D eigenvalue weighted by Crippen LogP contribution is -2.43. The molecule has 2 N–H and O–H groups in total. The molecule has 0 aliphatic heterocycles. The van der Waals surface area contributed by atoms with Gasteiger partial charge in [0.2, 0.25) is 0 Å². The van der Waals surface area contributed by atoms with Gasteiger partial charge in [0.25, 0.3) is 5.91 Å². The van der Waals surface area contributed by atoms with E-state index in [1.165, 1.54) is 30.3 Å². The van der Waals surface area contributed by atoms with Crippen molar-refractivity contribution in [2.45, 2.75) is 33.3 Å². The van der Waals surface area contributed by atoms with E-state index in [-0.39, 0.29) is 30.7 Å². The van der Waals surface area contributed by atoms with E-state index < -0.39 is 11.8 Å². The van der Waals surface area contributed by atoms with Crippen LogP contribution in [0.15, 0.2) is 59.0 Å². The van der Waals surface area contributed by atoms with Gasteiger partial charge in [0.1, 0.15) is 29.7 Å². The summed E-state index contributed by atoms with van der Waals surface area (Å²) in [6, 6.07) is 14.4. The predicted octanol–water partition coefficient (Wildman–Crippen LogP) is 4.27. The molecule has 0 aliphatic carbocycles. The smallest absolute Gasteiger partial charge is 0.305 e. The van der Waals surface area contributed by atoms with E-state index in [2.05, 4.69) is 10.9 Å². The summed E-state index contributed by atoms with van der Waals surface area (Å²) in [4.78, 5) is 24.3. The predicted molar refractivity (Wildman–Crippen MR) is 116 cm³/mol. The number of hydrogen-bond donors (Lipinski definition) is 2. The highest BCUT2D eigenvalue weighted by Crippen LogP contribution is 2.27. The zero-order valence-electron chi connectivity index (χ0n) is 18.1. The molecule has 0 bridgehead atoms. The van der Waals surface area contributed by atoms with Crippen LogP contribution in [0.4, 0.5) is 4.39 Å². The van der Waals surface area contributed by atoms with Gasteiger partial charge in [-0.3, -0.25) is 20.4 Å². The number of benzene rings is 2. The third kappa shape index (κ3) is 6.34. The Kier molecular flexibility index (Phi) is 7.49. The maximum atomic E-state index is 12.9. The highest BCUT2D eigenvalue weighted by atomic mass is 19.1. The average molecular weight is 440 g/mol. The second-order valence-electron chi connectivity index (χ2n) is 7.50. The number of nitrogens with one attached hydrogen (secondary N) is 2. The Balaban J connectivity index is 1.46. The fourth-order valence-electron chi connectivity index (χ4n) is 2.87. The summed E-state index contributed by atoms with van der Waals surface area (Å²) < 4.78 is 29.4. The van der Waals surface area contributed by atoms with Gasteiger partial charge in [0, 0.05) is 0 Å². The molecule has 0 atom stereocenters. The molecule has 0 aliphatic rings. The molecule has 2 aromatic carbocycles. The Morgan fingerprint density at radius 1 is 1.00 bits per heavy atom. The molecular formula is C24H25FN2O5. The lowest BCUT2D eigenvalue weighted by atomic mass is 10.0. The molecule has 168 valence electrons. The van der Waals surface area contributed by atoms with Crippen LogP contribution in [0.3, 0.4) is 0 Å². The Hall–Kier alpha value is -3.81. The van der Waals surface area contributed by atoms with Crippen LogP contribution >= 0.6 is 0 Å². The van der Waals surface area contributed by atoms with Crippen LogP contribution in [-0.4, -0.2) is 18.4 Å². The highest BCUT2D eigenvalue weighted by molar-refractivity contribution is 5.93. The van der Waals surface area contributed by atoms with Gasteiger partial charge in [0.05, 0.1) is 0 Å². The van der Waals surface area contributed by atoms with Crippen LogP contribution in [-0.2, 0) is 11.4 Å². The van der Waals surface area contributed by atoms with Gasteiger partial charge in [-0.05, 0) is 66.4 Å². The minimum absolute atomic E-state index is 0.00435. The zero-order chi connectivity index (χ0) is 23.1. The first-order valence-electron chi connectivity index (χ1n) is 10.1. The second kappa shape index (κ2) is 10.5. The molecule has 0 spiro atoms. The number of ether oxygens (including phenoxy) is 2. The van der Waals surface area contributed by atoms with Gasteiger partial charge in [-0.15, -0.1) is 0 Å². The quantitative estimate of drug-likeness (QED) is 0.511. The number of furan rings is 1. The minimum atomic E-state index is -0.621. The van der Waals surface area contributed by atoms with Crippen molar-refractivity contribution in [1.82, 2.24) is 10.9 Å². The molecular weight excluding hydrogens is 415 g/mol. The lowest BCUT2D eigenvalue weighted by molar-refractivity contribution is -0.123. The number of carbonyl (C=O) groups is 2. The number of aryl methyl sites for hydroxylation is 1. The van der Waals surface area contributed by atoms with Gasteiger partial charge in [-0.1, -0.05) is 26.0 Å². The van der Waals surface area contributed by atoms with Crippen molar-refractivity contribution in [3.8, 4) is 11.5 Å². The topological polar surface area (TPSA) is 89.8 Å². The largest absolute Gasteiger partial charge is 0.486 e. The molecule has 0 saturated carbocycles. The standard InChI is InChI=1S/C24H25FN2O5/c1-15(2)20-10-4-16(3)12-22(20)31-14-23(28)26-27-24(29)21-11-9-19(32-21)13-30-18-7-5-17(25)6-8-18/h4-12,15H,13-14H2,1-3H3,(H,26,28)(H,27,29). The summed E-state index contributed by atoms with van der Waals surface area (Å²) in [5.74, 6) is 0.258. The molecule has 0 radical (unpaired) electrons. The van der Waals surface area contributed by atoms with Crippen molar-refractivity contribution in [3.05, 3.63) is 83.1 Å². The number of hydrazine groups is 1. The zero-order valence-corrected chi connectivity index (χ0v) is 18.1. The number of halogens is 1. The van der Waals surface area contributed by atoms with E-state index in [9.17, 15) is 14.0 Å². The van der Waals surface area contributed by atoms with E-state index in [0.717, 1.165) is 11.1 Å². The van der Waals surface area contributed by atoms with Gasteiger partial charge in [0.15, 0.2) is 12.4 Å². The third-order valence-corrected chi connectivity index (χ3v) is 4.55.